The van der Waals surface area contributed by atoms with E-state index in [0.29, 0.717) is 0 Å². The molecule has 0 unspecified atom stereocenters. The molecule has 1 aromatic heterocycles. The molecule has 1 aromatic rings. The first-order valence-corrected chi connectivity index (χ1v) is 4.09. The van der Waals surface area contributed by atoms with Gasteiger partial charge >= 0.3 is 17.1 Å². The second-order valence-corrected chi connectivity index (χ2v) is 2.77. The molecule has 1 rings (SSSR count). The Balaban J connectivity index is -0.000000211. The monoisotopic (exact) mass is 336 g/mol. The van der Waals surface area contributed by atoms with Crippen LogP contribution in [0.25, 0.3) is 0 Å². The smallest absolute Gasteiger partial charge is 1.00 e. The van der Waals surface area contributed by atoms with E-state index in [1.165, 1.54) is 5.56 Å². The zero-order valence-corrected chi connectivity index (χ0v) is 13.0. The number of hydrogen-bond donors (Lipinski definition) is 0. The van der Waals surface area contributed by atoms with Crippen molar-refractivity contribution in [2.75, 3.05) is 14.1 Å². The average Bonchev–Trinajstić information content (AvgIpc) is 2.04. The summed E-state index contributed by atoms with van der Waals surface area (Å²) < 4.78 is 0. The third kappa shape index (κ3) is 9.57. The van der Waals surface area contributed by atoms with Crippen molar-refractivity contribution in [3.8, 4) is 0 Å². The summed E-state index contributed by atoms with van der Waals surface area (Å²) in [7, 11) is 3.47. The van der Waals surface area contributed by atoms with E-state index in [9.17, 15) is 0 Å². The summed E-state index contributed by atoms with van der Waals surface area (Å²) >= 11 is 0. The van der Waals surface area contributed by atoms with Crippen molar-refractivity contribution in [3.63, 3.8) is 0 Å². The average molecular weight is 337 g/mol. The maximum atomic E-state index is 4.31. The fourth-order valence-electron chi connectivity index (χ4n) is 1.12. The molecule has 0 aromatic carbocycles. The number of rotatable bonds is 2. The zero-order valence-electron chi connectivity index (χ0n) is 9.64. The van der Waals surface area contributed by atoms with Crippen LogP contribution in [0.4, 0.5) is 0 Å². The molecule has 1 radical (unpaired) electrons. The molecule has 0 N–H and O–H groups in total. The van der Waals surface area contributed by atoms with Gasteiger partial charge in [-0.2, -0.15) is 0 Å². The molecular formula is C10H13Cl3FeN3. The van der Waals surface area contributed by atoms with Gasteiger partial charge in [-0.25, -0.2) is 4.98 Å². The summed E-state index contributed by atoms with van der Waals surface area (Å²) in [6.45, 7) is 2.03. The molecule has 0 spiro atoms. The number of aromatic nitrogens is 1. The molecule has 0 saturated carbocycles. The molecule has 0 aliphatic rings. The maximum absolute atomic E-state index is 4.31. The van der Waals surface area contributed by atoms with E-state index in [1.807, 2.05) is 19.1 Å². The molecule has 17 heavy (non-hydrogen) atoms. The van der Waals surface area contributed by atoms with Crippen molar-refractivity contribution in [2.45, 2.75) is 6.92 Å². The number of nitrogens with zero attached hydrogens (tertiary/aromatic N) is 3. The van der Waals surface area contributed by atoms with Crippen molar-refractivity contribution in [2.24, 2.45) is 9.98 Å². The van der Waals surface area contributed by atoms with Gasteiger partial charge in [0, 0.05) is 26.5 Å². The molecule has 0 aliphatic carbocycles. The predicted molar refractivity (Wildman–Crippen MR) is 56.0 cm³/mol. The van der Waals surface area contributed by atoms with E-state index in [-0.39, 0.29) is 54.3 Å². The Bertz CT molecular complexity index is 326. The van der Waals surface area contributed by atoms with E-state index in [0.717, 1.165) is 11.4 Å². The molecule has 0 saturated heterocycles. The van der Waals surface area contributed by atoms with E-state index >= 15 is 0 Å². The Kier molecular flexibility index (Phi) is 21.0. The summed E-state index contributed by atoms with van der Waals surface area (Å²) in [4.78, 5) is 12.1. The van der Waals surface area contributed by atoms with Crippen LogP contribution < -0.4 is 37.2 Å². The van der Waals surface area contributed by atoms with Crippen LogP contribution in [0.2, 0.25) is 0 Å². The van der Waals surface area contributed by atoms with Crippen LogP contribution in [0.1, 0.15) is 17.0 Å². The normalized spacial score (nSPS) is 8.88. The van der Waals surface area contributed by atoms with Crippen molar-refractivity contribution < 1.29 is 54.3 Å². The predicted octanol–water partition coefficient (Wildman–Crippen LogP) is -7.50. The molecule has 0 fully saturated rings. The molecule has 3 nitrogen and oxygen atoms in total. The minimum Gasteiger partial charge on any atom is -1.00 e. The largest absolute Gasteiger partial charge is 3.00 e. The van der Waals surface area contributed by atoms with E-state index in [4.69, 9.17) is 0 Å². The second kappa shape index (κ2) is 13.9. The topological polar surface area (TPSA) is 37.6 Å². The Morgan fingerprint density at radius 3 is 1.59 bits per heavy atom. The Morgan fingerprint density at radius 2 is 1.29 bits per heavy atom. The van der Waals surface area contributed by atoms with Crippen molar-refractivity contribution in [3.05, 3.63) is 29.1 Å². The Labute approximate surface area is 131 Å². The van der Waals surface area contributed by atoms with Crippen LogP contribution in [-0.2, 0) is 17.1 Å². The van der Waals surface area contributed by atoms with Crippen LogP contribution in [0.5, 0.6) is 0 Å². The van der Waals surface area contributed by atoms with Gasteiger partial charge in [0.2, 0.25) is 0 Å². The molecule has 0 atom stereocenters. The first-order chi connectivity index (χ1) is 6.26. The quantitative estimate of drug-likeness (QED) is 0.390. The Hall–Kier alpha value is -0.121. The van der Waals surface area contributed by atoms with E-state index in [2.05, 4.69) is 15.0 Å². The molecule has 1 heterocycles. The number of aryl methyl sites for hydroxylation is 1. The van der Waals surface area contributed by atoms with Gasteiger partial charge in [-0.15, -0.1) is 0 Å². The fourth-order valence-corrected chi connectivity index (χ4v) is 1.12. The summed E-state index contributed by atoms with van der Waals surface area (Å²) in [5.74, 6) is 0. The van der Waals surface area contributed by atoms with E-state index in [1.54, 1.807) is 26.5 Å². The first kappa shape index (κ1) is 25.7. The number of halogens is 3. The molecule has 97 valence electrons. The first-order valence-electron chi connectivity index (χ1n) is 4.09. The van der Waals surface area contributed by atoms with Gasteiger partial charge in [-0.3, -0.25) is 9.98 Å². The zero-order chi connectivity index (χ0) is 9.68. The van der Waals surface area contributed by atoms with Crippen molar-refractivity contribution >= 4 is 12.4 Å². The van der Waals surface area contributed by atoms with Gasteiger partial charge in [0.25, 0.3) is 0 Å². The summed E-state index contributed by atoms with van der Waals surface area (Å²) in [5.41, 5.74) is 2.91. The molecule has 7 heteroatoms. The van der Waals surface area contributed by atoms with Crippen LogP contribution in [0.15, 0.2) is 22.1 Å². The summed E-state index contributed by atoms with van der Waals surface area (Å²) in [6.07, 6.45) is 3.47. The Morgan fingerprint density at radius 1 is 0.941 bits per heavy atom. The minimum atomic E-state index is 0. The van der Waals surface area contributed by atoms with Gasteiger partial charge in [-0.05, 0) is 24.6 Å². The van der Waals surface area contributed by atoms with Gasteiger partial charge < -0.3 is 37.2 Å². The summed E-state index contributed by atoms with van der Waals surface area (Å²) in [5, 5.41) is 0. The van der Waals surface area contributed by atoms with Crippen molar-refractivity contribution in [1.29, 1.82) is 0 Å². The van der Waals surface area contributed by atoms with Crippen molar-refractivity contribution in [1.82, 2.24) is 4.98 Å². The van der Waals surface area contributed by atoms with Crippen LogP contribution in [0, 0.1) is 6.92 Å². The van der Waals surface area contributed by atoms with Gasteiger partial charge in [-0.1, -0.05) is 0 Å². The van der Waals surface area contributed by atoms with Crippen LogP contribution in [0.3, 0.4) is 0 Å². The van der Waals surface area contributed by atoms with Gasteiger partial charge in [0.15, 0.2) is 0 Å². The fraction of sp³-hybridized carbons (Fsp3) is 0.300. The SMILES string of the molecule is CN=Cc1cc(C)cc(C=NC)n1.[Cl-].[Cl-].[Cl-].[Fe+3]. The van der Waals surface area contributed by atoms with E-state index < -0.39 is 0 Å². The molecule has 0 aliphatic heterocycles. The standard InChI is InChI=1S/C10H13N3.3ClH.Fe/c1-8-4-9(6-11-2)13-10(5-8)7-12-3;;;;/h4-7H,1-3H3;3*1H;/q;;;;+3/p-3. The summed E-state index contributed by atoms with van der Waals surface area (Å²) in [6, 6.07) is 3.97. The number of aliphatic imine (C=N–C) groups is 2. The minimum absolute atomic E-state index is 0. The van der Waals surface area contributed by atoms with Crippen LogP contribution in [-0.4, -0.2) is 31.5 Å². The number of hydrogen-bond acceptors (Lipinski definition) is 3. The third-order valence-electron chi connectivity index (χ3n) is 1.53. The van der Waals surface area contributed by atoms with Crippen LogP contribution >= 0.6 is 0 Å². The second-order valence-electron chi connectivity index (χ2n) is 2.77. The maximum Gasteiger partial charge on any atom is 3.00 e. The third-order valence-corrected chi connectivity index (χ3v) is 1.53. The molecule has 0 amide bonds. The molecule has 0 bridgehead atoms. The van der Waals surface area contributed by atoms with Gasteiger partial charge in [0.05, 0.1) is 11.4 Å². The van der Waals surface area contributed by atoms with Gasteiger partial charge in [0.1, 0.15) is 0 Å². The number of pyridine rings is 1. The molecular weight excluding hydrogens is 324 g/mol.